The number of benzene rings is 1. The molecule has 3 rings (SSSR count). The first-order valence-electron chi connectivity index (χ1n) is 6.00. The maximum atomic E-state index is 12.1. The van der Waals surface area contributed by atoms with Crippen LogP contribution in [0.4, 0.5) is 0 Å². The first-order valence-corrected chi connectivity index (χ1v) is 8.25. The van der Waals surface area contributed by atoms with Crippen LogP contribution in [-0.2, 0) is 9.84 Å². The third-order valence-electron chi connectivity index (χ3n) is 3.23. The lowest BCUT2D eigenvalue weighted by Gasteiger charge is -2.14. The average Bonchev–Trinajstić information content (AvgIpc) is 2.92. The second-order valence-electron chi connectivity index (χ2n) is 4.74. The number of ether oxygens (including phenoxy) is 2. The average molecular weight is 318 g/mol. The summed E-state index contributed by atoms with van der Waals surface area (Å²) in [6.07, 6.45) is 0. The highest BCUT2D eigenvalue weighted by Crippen LogP contribution is 2.32. The van der Waals surface area contributed by atoms with Gasteiger partial charge in [-0.2, -0.15) is 0 Å². The van der Waals surface area contributed by atoms with Crippen LogP contribution < -0.4 is 14.8 Å². The number of carbonyl (C=O) groups excluding carboxylic acids is 1. The normalized spacial score (nSPS) is 26.4. The number of alkyl halides is 1. The largest absolute Gasteiger partial charge is 0.454 e. The zero-order valence-corrected chi connectivity index (χ0v) is 11.9. The van der Waals surface area contributed by atoms with Crippen molar-refractivity contribution >= 4 is 27.3 Å². The molecular formula is C12H12ClNO5S. The number of sulfone groups is 1. The van der Waals surface area contributed by atoms with Crippen molar-refractivity contribution in [3.05, 3.63) is 23.8 Å². The van der Waals surface area contributed by atoms with Crippen LogP contribution in [0.3, 0.4) is 0 Å². The molecule has 2 heterocycles. The molecule has 0 aliphatic carbocycles. The molecule has 2 aliphatic rings. The first-order chi connectivity index (χ1) is 9.44. The number of amides is 1. The molecule has 0 bridgehead atoms. The van der Waals surface area contributed by atoms with Gasteiger partial charge in [-0.25, -0.2) is 8.42 Å². The Hall–Kier alpha value is -1.47. The Labute approximate surface area is 120 Å². The van der Waals surface area contributed by atoms with E-state index < -0.39 is 21.3 Å². The van der Waals surface area contributed by atoms with E-state index in [-0.39, 0.29) is 24.2 Å². The van der Waals surface area contributed by atoms with E-state index in [1.165, 1.54) is 0 Å². The van der Waals surface area contributed by atoms with Gasteiger partial charge in [-0.15, -0.1) is 11.6 Å². The topological polar surface area (TPSA) is 81.7 Å². The number of halogens is 1. The SMILES string of the molecule is O=C(NC1CS(=O)(=O)CC1Cl)c1ccc2c(c1)OCO2. The van der Waals surface area contributed by atoms with E-state index in [0.29, 0.717) is 17.1 Å². The molecule has 0 saturated carbocycles. The number of hydrogen-bond donors (Lipinski definition) is 1. The summed E-state index contributed by atoms with van der Waals surface area (Å²) >= 11 is 5.95. The summed E-state index contributed by atoms with van der Waals surface area (Å²) in [5.41, 5.74) is 0.377. The minimum atomic E-state index is -3.17. The molecule has 108 valence electrons. The first kappa shape index (κ1) is 13.5. The van der Waals surface area contributed by atoms with Gasteiger partial charge >= 0.3 is 0 Å². The van der Waals surface area contributed by atoms with Gasteiger partial charge in [0, 0.05) is 5.56 Å². The third kappa shape index (κ3) is 2.55. The van der Waals surface area contributed by atoms with Gasteiger partial charge in [-0.05, 0) is 18.2 Å². The van der Waals surface area contributed by atoms with Crippen LogP contribution in [0.1, 0.15) is 10.4 Å². The number of carbonyl (C=O) groups is 1. The standard InChI is InChI=1S/C12H12ClNO5S/c13-8-4-20(16,17)5-9(8)14-12(15)7-1-2-10-11(3-7)19-6-18-10/h1-3,8-9H,4-6H2,(H,14,15). The van der Waals surface area contributed by atoms with Crippen LogP contribution in [-0.4, -0.2) is 44.0 Å². The van der Waals surface area contributed by atoms with Crippen LogP contribution in [0.25, 0.3) is 0 Å². The molecule has 8 heteroatoms. The Morgan fingerprint density at radius 1 is 1.25 bits per heavy atom. The van der Waals surface area contributed by atoms with Crippen molar-refractivity contribution in [2.24, 2.45) is 0 Å². The summed E-state index contributed by atoms with van der Waals surface area (Å²) in [6, 6.07) is 4.22. The molecule has 0 spiro atoms. The summed E-state index contributed by atoms with van der Waals surface area (Å²) < 4.78 is 33.2. The fraction of sp³-hybridized carbons (Fsp3) is 0.417. The summed E-state index contributed by atoms with van der Waals surface area (Å²) in [7, 11) is -3.17. The van der Waals surface area contributed by atoms with Crippen molar-refractivity contribution in [3.63, 3.8) is 0 Å². The molecule has 1 fully saturated rings. The van der Waals surface area contributed by atoms with Crippen molar-refractivity contribution in [1.29, 1.82) is 0 Å². The lowest BCUT2D eigenvalue weighted by molar-refractivity contribution is 0.0941. The number of rotatable bonds is 2. The molecule has 2 unspecified atom stereocenters. The van der Waals surface area contributed by atoms with Gasteiger partial charge in [-0.1, -0.05) is 0 Å². The van der Waals surface area contributed by atoms with Gasteiger partial charge in [-0.3, -0.25) is 4.79 Å². The Morgan fingerprint density at radius 2 is 2.00 bits per heavy atom. The lowest BCUT2D eigenvalue weighted by Crippen LogP contribution is -2.40. The second-order valence-corrected chi connectivity index (χ2v) is 7.46. The van der Waals surface area contributed by atoms with Crippen LogP contribution in [0.2, 0.25) is 0 Å². The van der Waals surface area contributed by atoms with E-state index in [9.17, 15) is 13.2 Å². The monoisotopic (exact) mass is 317 g/mol. The van der Waals surface area contributed by atoms with E-state index in [2.05, 4.69) is 5.32 Å². The molecule has 20 heavy (non-hydrogen) atoms. The van der Waals surface area contributed by atoms with Crippen molar-refractivity contribution in [3.8, 4) is 11.5 Å². The summed E-state index contributed by atoms with van der Waals surface area (Å²) in [6.45, 7) is 0.130. The van der Waals surface area contributed by atoms with Crippen molar-refractivity contribution in [2.45, 2.75) is 11.4 Å². The van der Waals surface area contributed by atoms with Crippen LogP contribution in [0.5, 0.6) is 11.5 Å². The van der Waals surface area contributed by atoms with E-state index >= 15 is 0 Å². The number of nitrogens with one attached hydrogen (secondary N) is 1. The highest BCUT2D eigenvalue weighted by molar-refractivity contribution is 7.91. The van der Waals surface area contributed by atoms with E-state index in [0.717, 1.165) is 0 Å². The summed E-state index contributed by atoms with van der Waals surface area (Å²) in [5.74, 6) is 0.466. The molecule has 1 aromatic carbocycles. The van der Waals surface area contributed by atoms with Gasteiger partial charge < -0.3 is 14.8 Å². The quantitative estimate of drug-likeness (QED) is 0.806. The zero-order chi connectivity index (χ0) is 14.3. The Bertz CT molecular complexity index is 660. The molecule has 1 saturated heterocycles. The minimum absolute atomic E-state index is 0.110. The molecule has 6 nitrogen and oxygen atoms in total. The maximum Gasteiger partial charge on any atom is 0.251 e. The molecule has 0 radical (unpaired) electrons. The second kappa shape index (κ2) is 4.82. The molecule has 1 amide bonds. The van der Waals surface area contributed by atoms with Crippen molar-refractivity contribution < 1.29 is 22.7 Å². The van der Waals surface area contributed by atoms with Crippen LogP contribution in [0.15, 0.2) is 18.2 Å². The van der Waals surface area contributed by atoms with Crippen LogP contribution in [0, 0.1) is 0 Å². The number of fused-ring (bicyclic) bond motifs is 1. The fourth-order valence-electron chi connectivity index (χ4n) is 2.23. The Kier molecular flexibility index (Phi) is 3.25. The van der Waals surface area contributed by atoms with Gasteiger partial charge in [0.05, 0.1) is 22.9 Å². The molecule has 2 aliphatic heterocycles. The molecule has 2 atom stereocenters. The molecular weight excluding hydrogens is 306 g/mol. The maximum absolute atomic E-state index is 12.1. The third-order valence-corrected chi connectivity index (χ3v) is 5.61. The fourth-order valence-corrected chi connectivity index (χ4v) is 4.78. The minimum Gasteiger partial charge on any atom is -0.454 e. The highest BCUT2D eigenvalue weighted by atomic mass is 35.5. The summed E-state index contributed by atoms with van der Waals surface area (Å²) in [4.78, 5) is 12.1. The van der Waals surface area contributed by atoms with Crippen molar-refractivity contribution in [2.75, 3.05) is 18.3 Å². The predicted molar refractivity (Wildman–Crippen MR) is 72.1 cm³/mol. The smallest absolute Gasteiger partial charge is 0.251 e. The molecule has 1 N–H and O–H groups in total. The zero-order valence-electron chi connectivity index (χ0n) is 10.3. The van der Waals surface area contributed by atoms with E-state index in [4.69, 9.17) is 21.1 Å². The van der Waals surface area contributed by atoms with Crippen LogP contribution >= 0.6 is 11.6 Å². The molecule has 0 aromatic heterocycles. The summed E-state index contributed by atoms with van der Waals surface area (Å²) in [5, 5.41) is 2.05. The molecule has 1 aromatic rings. The Morgan fingerprint density at radius 3 is 2.70 bits per heavy atom. The highest BCUT2D eigenvalue weighted by Gasteiger charge is 2.37. The lowest BCUT2D eigenvalue weighted by atomic mass is 10.1. The Balaban J connectivity index is 1.74. The van der Waals surface area contributed by atoms with Crippen molar-refractivity contribution in [1.82, 2.24) is 5.32 Å². The van der Waals surface area contributed by atoms with Gasteiger partial charge in [0.25, 0.3) is 5.91 Å². The number of hydrogen-bond acceptors (Lipinski definition) is 5. The van der Waals surface area contributed by atoms with Gasteiger partial charge in [0.1, 0.15) is 0 Å². The van der Waals surface area contributed by atoms with E-state index in [1.54, 1.807) is 18.2 Å². The van der Waals surface area contributed by atoms with Gasteiger partial charge in [0.2, 0.25) is 6.79 Å². The van der Waals surface area contributed by atoms with E-state index in [1.807, 2.05) is 0 Å². The predicted octanol–water partition coefficient (Wildman–Crippen LogP) is 0.549. The van der Waals surface area contributed by atoms with Gasteiger partial charge in [0.15, 0.2) is 21.3 Å².